The molecule has 0 aliphatic rings. The van der Waals surface area contributed by atoms with Crippen LogP contribution in [0.15, 0.2) is 18.5 Å². The minimum Gasteiger partial charge on any atom is -0.302 e. The van der Waals surface area contributed by atoms with Gasteiger partial charge in [-0.1, -0.05) is 0 Å². The van der Waals surface area contributed by atoms with Crippen molar-refractivity contribution < 1.29 is 0 Å². The highest BCUT2D eigenvalue weighted by Crippen LogP contribution is 2.14. The first kappa shape index (κ1) is 8.96. The lowest BCUT2D eigenvalue weighted by Gasteiger charge is -2.12. The van der Waals surface area contributed by atoms with Crippen LogP contribution in [0.5, 0.6) is 0 Å². The molecule has 0 unspecified atom stereocenters. The summed E-state index contributed by atoms with van der Waals surface area (Å²) in [6.45, 7) is 1.96. The molecule has 2 aromatic rings. The third-order valence-corrected chi connectivity index (χ3v) is 1.84. The molecule has 14 heavy (non-hydrogen) atoms. The zero-order valence-corrected chi connectivity index (χ0v) is 8.52. The average Bonchev–Trinajstić information content (AvgIpc) is 2.45. The molecule has 0 aliphatic heterocycles. The minimum atomic E-state index is 0.818. The first-order chi connectivity index (χ1) is 6.66. The van der Waals surface area contributed by atoms with Crippen molar-refractivity contribution in [3.8, 4) is 0 Å². The number of anilines is 1. The molecule has 2 rings (SSSR count). The molecule has 2 heterocycles. The summed E-state index contributed by atoms with van der Waals surface area (Å²) in [7, 11) is 3.85. The Morgan fingerprint density at radius 1 is 1.43 bits per heavy atom. The number of fused-ring (bicyclic) bond motifs is 1. The summed E-state index contributed by atoms with van der Waals surface area (Å²) in [5.41, 5.74) is 5.09. The van der Waals surface area contributed by atoms with E-state index in [2.05, 4.69) is 15.5 Å². The number of hydrazine groups is 1. The van der Waals surface area contributed by atoms with E-state index in [1.165, 1.54) is 0 Å². The van der Waals surface area contributed by atoms with E-state index in [-0.39, 0.29) is 0 Å². The Labute approximate surface area is 82.3 Å². The largest absolute Gasteiger partial charge is 0.302 e. The van der Waals surface area contributed by atoms with E-state index in [1.807, 2.05) is 42.8 Å². The predicted octanol–water partition coefficient (Wildman–Crippen LogP) is 0.926. The highest BCUT2D eigenvalue weighted by atomic mass is 15.5. The summed E-state index contributed by atoms with van der Waals surface area (Å²) < 4.78 is 1.81. The Morgan fingerprint density at radius 2 is 2.21 bits per heavy atom. The second kappa shape index (κ2) is 3.26. The van der Waals surface area contributed by atoms with Crippen molar-refractivity contribution in [1.82, 2.24) is 19.6 Å². The molecule has 0 fully saturated rings. The number of aromatic nitrogens is 3. The molecular weight excluding hydrogens is 178 g/mol. The zero-order valence-electron chi connectivity index (χ0n) is 8.52. The quantitative estimate of drug-likeness (QED) is 0.717. The van der Waals surface area contributed by atoms with Gasteiger partial charge in [0.1, 0.15) is 5.52 Å². The summed E-state index contributed by atoms with van der Waals surface area (Å²) in [5, 5.41) is 6.15. The van der Waals surface area contributed by atoms with E-state index < -0.39 is 0 Å². The molecule has 5 heteroatoms. The summed E-state index contributed by atoms with van der Waals surface area (Å²) in [4.78, 5) is 4.25. The Bertz CT molecular complexity index is 445. The van der Waals surface area contributed by atoms with Gasteiger partial charge in [-0.05, 0) is 13.0 Å². The Morgan fingerprint density at radius 3 is 2.93 bits per heavy atom. The Kier molecular flexibility index (Phi) is 2.09. The molecule has 0 atom stereocenters. The van der Waals surface area contributed by atoms with E-state index in [9.17, 15) is 0 Å². The van der Waals surface area contributed by atoms with Crippen molar-refractivity contribution >= 4 is 11.3 Å². The third kappa shape index (κ3) is 1.54. The van der Waals surface area contributed by atoms with E-state index >= 15 is 0 Å². The number of hydrogen-bond donors (Lipinski definition) is 1. The summed E-state index contributed by atoms with van der Waals surface area (Å²) in [6, 6.07) is 2.00. The van der Waals surface area contributed by atoms with Gasteiger partial charge < -0.3 is 5.43 Å². The van der Waals surface area contributed by atoms with E-state index in [0.29, 0.717) is 0 Å². The SMILES string of the molecule is Cc1cc2c(NN(C)C)nccn2n1. The van der Waals surface area contributed by atoms with Crippen LogP contribution in [0.2, 0.25) is 0 Å². The molecule has 0 amide bonds. The van der Waals surface area contributed by atoms with Crippen LogP contribution in [0.3, 0.4) is 0 Å². The van der Waals surface area contributed by atoms with Gasteiger partial charge >= 0.3 is 0 Å². The molecule has 0 saturated carbocycles. The lowest BCUT2D eigenvalue weighted by molar-refractivity contribution is 0.493. The minimum absolute atomic E-state index is 0.818. The molecule has 0 bridgehead atoms. The van der Waals surface area contributed by atoms with Crippen LogP contribution in [-0.2, 0) is 0 Å². The second-order valence-corrected chi connectivity index (χ2v) is 3.40. The topological polar surface area (TPSA) is 45.5 Å². The van der Waals surface area contributed by atoms with Gasteiger partial charge in [-0.25, -0.2) is 14.5 Å². The zero-order chi connectivity index (χ0) is 10.1. The van der Waals surface area contributed by atoms with Gasteiger partial charge in [0.25, 0.3) is 0 Å². The fraction of sp³-hybridized carbons (Fsp3) is 0.333. The van der Waals surface area contributed by atoms with Crippen LogP contribution in [0, 0.1) is 6.92 Å². The molecule has 0 spiro atoms. The van der Waals surface area contributed by atoms with Crippen molar-refractivity contribution in [3.05, 3.63) is 24.2 Å². The highest BCUT2D eigenvalue weighted by molar-refractivity contribution is 5.67. The maximum Gasteiger partial charge on any atom is 0.166 e. The summed E-state index contributed by atoms with van der Waals surface area (Å²) in [6.07, 6.45) is 3.56. The van der Waals surface area contributed by atoms with Gasteiger partial charge in [-0.3, -0.25) is 0 Å². The number of nitrogens with one attached hydrogen (secondary N) is 1. The van der Waals surface area contributed by atoms with Crippen molar-refractivity contribution in [2.75, 3.05) is 19.5 Å². The maximum atomic E-state index is 4.30. The van der Waals surface area contributed by atoms with Crippen molar-refractivity contribution in [2.45, 2.75) is 6.92 Å². The van der Waals surface area contributed by atoms with Crippen LogP contribution in [-0.4, -0.2) is 33.7 Å². The first-order valence-electron chi connectivity index (χ1n) is 4.42. The van der Waals surface area contributed by atoms with Crippen molar-refractivity contribution in [2.24, 2.45) is 0 Å². The van der Waals surface area contributed by atoms with Crippen LogP contribution in [0.1, 0.15) is 5.69 Å². The molecule has 2 aromatic heterocycles. The predicted molar refractivity (Wildman–Crippen MR) is 55.0 cm³/mol. The number of hydrogen-bond acceptors (Lipinski definition) is 4. The van der Waals surface area contributed by atoms with Crippen LogP contribution in [0.4, 0.5) is 5.82 Å². The van der Waals surface area contributed by atoms with Gasteiger partial charge in [0.15, 0.2) is 5.82 Å². The smallest absolute Gasteiger partial charge is 0.166 e. The number of rotatable bonds is 2. The van der Waals surface area contributed by atoms with Crippen molar-refractivity contribution in [1.29, 1.82) is 0 Å². The van der Waals surface area contributed by atoms with E-state index in [4.69, 9.17) is 0 Å². The van der Waals surface area contributed by atoms with Crippen molar-refractivity contribution in [3.63, 3.8) is 0 Å². The van der Waals surface area contributed by atoms with Crippen LogP contribution >= 0.6 is 0 Å². The fourth-order valence-electron chi connectivity index (χ4n) is 1.34. The lowest BCUT2D eigenvalue weighted by Crippen LogP contribution is -2.20. The average molecular weight is 191 g/mol. The molecule has 0 aromatic carbocycles. The van der Waals surface area contributed by atoms with Gasteiger partial charge in [-0.15, -0.1) is 0 Å². The second-order valence-electron chi connectivity index (χ2n) is 3.40. The van der Waals surface area contributed by atoms with Gasteiger partial charge in [0.2, 0.25) is 0 Å². The van der Waals surface area contributed by atoms with E-state index in [0.717, 1.165) is 17.0 Å². The molecule has 5 nitrogen and oxygen atoms in total. The van der Waals surface area contributed by atoms with Gasteiger partial charge in [0.05, 0.1) is 5.69 Å². The Hall–Kier alpha value is -1.62. The molecule has 0 aliphatic carbocycles. The van der Waals surface area contributed by atoms with E-state index in [1.54, 1.807) is 6.20 Å². The molecule has 0 saturated heterocycles. The fourth-order valence-corrected chi connectivity index (χ4v) is 1.34. The normalized spacial score (nSPS) is 11.1. The molecule has 1 N–H and O–H groups in total. The maximum absolute atomic E-state index is 4.30. The number of nitrogens with zero attached hydrogens (tertiary/aromatic N) is 4. The van der Waals surface area contributed by atoms with Gasteiger partial charge in [0, 0.05) is 26.5 Å². The molecule has 0 radical (unpaired) electrons. The van der Waals surface area contributed by atoms with Gasteiger partial charge in [-0.2, -0.15) is 5.10 Å². The molecule has 74 valence electrons. The lowest BCUT2D eigenvalue weighted by atomic mass is 10.4. The summed E-state index contributed by atoms with van der Waals surface area (Å²) in [5.74, 6) is 0.818. The standard InChI is InChI=1S/C9H13N5/c1-7-6-8-9(12-13(2)3)10-4-5-14(8)11-7/h4-6H,1-3H3,(H,10,12). The molecular formula is C9H13N5. The Balaban J connectivity index is 2.53. The number of aryl methyl sites for hydroxylation is 1. The van der Waals surface area contributed by atoms with Crippen LogP contribution < -0.4 is 5.43 Å². The monoisotopic (exact) mass is 191 g/mol. The highest BCUT2D eigenvalue weighted by Gasteiger charge is 2.04. The summed E-state index contributed by atoms with van der Waals surface area (Å²) >= 11 is 0. The first-order valence-corrected chi connectivity index (χ1v) is 4.42. The third-order valence-electron chi connectivity index (χ3n) is 1.84. The van der Waals surface area contributed by atoms with Crippen LogP contribution in [0.25, 0.3) is 5.52 Å².